The van der Waals surface area contributed by atoms with Crippen LogP contribution in [0.2, 0.25) is 0 Å². The fourth-order valence-corrected chi connectivity index (χ4v) is 4.79. The predicted molar refractivity (Wildman–Crippen MR) is 109 cm³/mol. The highest BCUT2D eigenvalue weighted by Crippen LogP contribution is 2.32. The van der Waals surface area contributed by atoms with Gasteiger partial charge in [-0.1, -0.05) is 49.9 Å². The van der Waals surface area contributed by atoms with E-state index in [2.05, 4.69) is 46.3 Å². The van der Waals surface area contributed by atoms with E-state index in [4.69, 9.17) is 0 Å². The Morgan fingerprint density at radius 3 is 2.25 bits per heavy atom. The third-order valence-electron chi connectivity index (χ3n) is 6.66. The van der Waals surface area contributed by atoms with Gasteiger partial charge in [-0.2, -0.15) is 0 Å². The summed E-state index contributed by atoms with van der Waals surface area (Å²) in [7, 11) is 0. The van der Waals surface area contributed by atoms with Gasteiger partial charge in [-0.3, -0.25) is 14.6 Å². The number of piperazine rings is 1. The number of nitrogens with one attached hydrogen (secondary N) is 1. The zero-order chi connectivity index (χ0) is 19.6. The summed E-state index contributed by atoms with van der Waals surface area (Å²) in [6, 6.07) is 8.33. The lowest BCUT2D eigenvalue weighted by molar-refractivity contribution is -0.133. The van der Waals surface area contributed by atoms with Crippen LogP contribution in [0.5, 0.6) is 0 Å². The van der Waals surface area contributed by atoms with Crippen LogP contribution < -0.4 is 5.32 Å². The molecule has 0 unspecified atom stereocenters. The number of imide groups is 1. The second-order valence-corrected chi connectivity index (χ2v) is 8.62. The van der Waals surface area contributed by atoms with Crippen molar-refractivity contribution in [2.24, 2.45) is 0 Å². The molecule has 3 fully saturated rings. The number of nitrogens with zero attached hydrogens (tertiary/aromatic N) is 3. The fraction of sp³-hybridized carbons (Fsp3) is 0.636. The summed E-state index contributed by atoms with van der Waals surface area (Å²) < 4.78 is 0. The number of carbonyl (C=O) groups excluding carboxylic acids is 2. The molecule has 1 spiro atoms. The average molecular weight is 385 g/mol. The number of urea groups is 1. The minimum Gasteiger partial charge on any atom is -0.323 e. The predicted octanol–water partition coefficient (Wildman–Crippen LogP) is 2.71. The maximum atomic E-state index is 13.1. The van der Waals surface area contributed by atoms with E-state index < -0.39 is 5.54 Å². The van der Waals surface area contributed by atoms with Crippen LogP contribution in [0.3, 0.4) is 0 Å². The van der Waals surface area contributed by atoms with Crippen LogP contribution in [0.4, 0.5) is 4.79 Å². The van der Waals surface area contributed by atoms with Gasteiger partial charge < -0.3 is 5.32 Å². The van der Waals surface area contributed by atoms with Crippen molar-refractivity contribution in [3.63, 3.8) is 0 Å². The van der Waals surface area contributed by atoms with Crippen LogP contribution in [-0.4, -0.2) is 65.0 Å². The summed E-state index contributed by atoms with van der Waals surface area (Å²) in [5.74, 6) is 0.00161. The van der Waals surface area contributed by atoms with Crippen molar-refractivity contribution in [2.45, 2.75) is 57.5 Å². The highest BCUT2D eigenvalue weighted by Gasteiger charge is 2.50. The molecule has 1 N–H and O–H groups in total. The van der Waals surface area contributed by atoms with E-state index in [1.54, 1.807) is 0 Å². The Kier molecular flexibility index (Phi) is 5.69. The zero-order valence-electron chi connectivity index (χ0n) is 17.0. The number of amides is 3. The summed E-state index contributed by atoms with van der Waals surface area (Å²) in [6.45, 7) is 7.24. The molecular formula is C22H32N4O2. The van der Waals surface area contributed by atoms with Gasteiger partial charge in [0.1, 0.15) is 5.54 Å². The molecule has 4 rings (SSSR count). The monoisotopic (exact) mass is 384 g/mol. The molecule has 1 aromatic rings. The van der Waals surface area contributed by atoms with E-state index in [1.165, 1.54) is 16.0 Å². The number of carbonyl (C=O) groups is 2. The molecule has 0 radical (unpaired) electrons. The first-order valence-corrected chi connectivity index (χ1v) is 10.7. The standard InChI is InChI=1S/C22H32N4O2/c1-18-8-4-5-9-19(18)16-24-12-14-25(15-13-24)17-26-20(27)22(23-21(26)28)10-6-2-3-7-11-22/h4-5,8-9H,2-3,6-7,10-17H2,1H3,(H,23,28). The second-order valence-electron chi connectivity index (χ2n) is 8.62. The van der Waals surface area contributed by atoms with Crippen molar-refractivity contribution >= 4 is 11.9 Å². The van der Waals surface area contributed by atoms with E-state index in [0.717, 1.165) is 71.2 Å². The molecule has 3 amide bonds. The Bertz CT molecular complexity index is 719. The summed E-state index contributed by atoms with van der Waals surface area (Å²) in [6.07, 6.45) is 5.95. The van der Waals surface area contributed by atoms with Crippen LogP contribution in [-0.2, 0) is 11.3 Å². The van der Waals surface area contributed by atoms with E-state index in [0.29, 0.717) is 6.67 Å². The van der Waals surface area contributed by atoms with Crippen molar-refractivity contribution < 1.29 is 9.59 Å². The molecule has 6 nitrogen and oxygen atoms in total. The highest BCUT2D eigenvalue weighted by molar-refractivity contribution is 6.07. The lowest BCUT2D eigenvalue weighted by atomic mass is 9.90. The normalized spacial score (nSPS) is 23.8. The van der Waals surface area contributed by atoms with Crippen LogP contribution in [0.1, 0.15) is 49.7 Å². The first kappa shape index (κ1) is 19.4. The lowest BCUT2D eigenvalue weighted by Crippen LogP contribution is -2.51. The molecule has 2 aliphatic heterocycles. The first-order valence-electron chi connectivity index (χ1n) is 10.7. The summed E-state index contributed by atoms with van der Waals surface area (Å²) >= 11 is 0. The average Bonchev–Trinajstić information content (AvgIpc) is 2.85. The van der Waals surface area contributed by atoms with Gasteiger partial charge in [0, 0.05) is 32.7 Å². The SMILES string of the molecule is Cc1ccccc1CN1CCN(CN2C(=O)NC3(CCCCCC3)C2=O)CC1. The number of benzene rings is 1. The van der Waals surface area contributed by atoms with Gasteiger partial charge >= 0.3 is 6.03 Å². The van der Waals surface area contributed by atoms with Crippen molar-refractivity contribution in [3.8, 4) is 0 Å². The molecule has 152 valence electrons. The molecule has 0 bridgehead atoms. The van der Waals surface area contributed by atoms with Crippen LogP contribution in [0, 0.1) is 6.92 Å². The van der Waals surface area contributed by atoms with Gasteiger partial charge in [-0.15, -0.1) is 0 Å². The van der Waals surface area contributed by atoms with Gasteiger partial charge in [0.05, 0.1) is 6.67 Å². The number of rotatable bonds is 4. The van der Waals surface area contributed by atoms with E-state index >= 15 is 0 Å². The Morgan fingerprint density at radius 2 is 1.57 bits per heavy atom. The molecule has 3 aliphatic rings. The van der Waals surface area contributed by atoms with Crippen molar-refractivity contribution in [1.82, 2.24) is 20.0 Å². The Morgan fingerprint density at radius 1 is 0.929 bits per heavy atom. The van der Waals surface area contributed by atoms with Crippen molar-refractivity contribution in [2.75, 3.05) is 32.8 Å². The Labute approximate surface area is 167 Å². The first-order chi connectivity index (χ1) is 13.6. The quantitative estimate of drug-likeness (QED) is 0.811. The third-order valence-corrected chi connectivity index (χ3v) is 6.66. The van der Waals surface area contributed by atoms with Gasteiger partial charge in [0.2, 0.25) is 0 Å². The Balaban J connectivity index is 1.31. The minimum atomic E-state index is -0.625. The zero-order valence-corrected chi connectivity index (χ0v) is 17.0. The lowest BCUT2D eigenvalue weighted by Gasteiger charge is -2.36. The van der Waals surface area contributed by atoms with Crippen molar-refractivity contribution in [3.05, 3.63) is 35.4 Å². The molecule has 28 heavy (non-hydrogen) atoms. The van der Waals surface area contributed by atoms with Crippen LogP contribution in [0.25, 0.3) is 0 Å². The third kappa shape index (κ3) is 3.94. The molecule has 1 aliphatic carbocycles. The maximum absolute atomic E-state index is 13.1. The van der Waals surface area contributed by atoms with Crippen LogP contribution in [0.15, 0.2) is 24.3 Å². The summed E-state index contributed by atoms with van der Waals surface area (Å²) in [4.78, 5) is 31.8. The van der Waals surface area contributed by atoms with Gasteiger partial charge in [-0.05, 0) is 30.9 Å². The smallest absolute Gasteiger partial charge is 0.323 e. The molecule has 1 aromatic carbocycles. The molecule has 6 heteroatoms. The van der Waals surface area contributed by atoms with Crippen molar-refractivity contribution in [1.29, 1.82) is 0 Å². The molecule has 2 saturated heterocycles. The molecule has 0 atom stereocenters. The summed E-state index contributed by atoms with van der Waals surface area (Å²) in [5.41, 5.74) is 2.08. The van der Waals surface area contributed by atoms with E-state index in [-0.39, 0.29) is 11.9 Å². The Hall–Kier alpha value is -1.92. The maximum Gasteiger partial charge on any atom is 0.326 e. The largest absolute Gasteiger partial charge is 0.326 e. The van der Waals surface area contributed by atoms with Gasteiger partial charge in [-0.25, -0.2) is 9.69 Å². The van der Waals surface area contributed by atoms with Gasteiger partial charge in [0.25, 0.3) is 5.91 Å². The minimum absolute atomic E-state index is 0.00161. The summed E-state index contributed by atoms with van der Waals surface area (Å²) in [5, 5.41) is 3.05. The second kappa shape index (κ2) is 8.21. The van der Waals surface area contributed by atoms with E-state index in [9.17, 15) is 9.59 Å². The highest BCUT2D eigenvalue weighted by atomic mass is 16.2. The molecular weight excluding hydrogens is 352 g/mol. The number of hydrogen-bond acceptors (Lipinski definition) is 4. The topological polar surface area (TPSA) is 55.9 Å². The number of aryl methyl sites for hydroxylation is 1. The molecule has 1 saturated carbocycles. The van der Waals surface area contributed by atoms with Gasteiger partial charge in [0.15, 0.2) is 0 Å². The number of hydrogen-bond donors (Lipinski definition) is 1. The van der Waals surface area contributed by atoms with Crippen LogP contribution >= 0.6 is 0 Å². The van der Waals surface area contributed by atoms with E-state index in [1.807, 2.05) is 0 Å². The fourth-order valence-electron chi connectivity index (χ4n) is 4.79. The molecule has 0 aromatic heterocycles. The molecule has 2 heterocycles.